The molecule has 1 aromatic carbocycles. The molecule has 1 aliphatic rings. The topological polar surface area (TPSA) is 81.3 Å². The highest BCUT2D eigenvalue weighted by molar-refractivity contribution is 6.30. The Morgan fingerprint density at radius 3 is 2.74 bits per heavy atom. The van der Waals surface area contributed by atoms with Crippen molar-refractivity contribution in [1.82, 2.24) is 14.1 Å². The Bertz CT molecular complexity index is 1270. The lowest BCUT2D eigenvalue weighted by atomic mass is 9.90. The summed E-state index contributed by atoms with van der Waals surface area (Å²) in [6.45, 7) is 3.63. The lowest BCUT2D eigenvalue weighted by molar-refractivity contribution is 0.102. The average molecular weight is 446 g/mol. The van der Waals surface area contributed by atoms with E-state index in [1.165, 1.54) is 52.7 Å². The molecule has 2 aromatic heterocycles. The number of nitrogens with one attached hydrogen (secondary N) is 1. The van der Waals surface area contributed by atoms with Crippen LogP contribution in [0.5, 0.6) is 0 Å². The van der Waals surface area contributed by atoms with Crippen LogP contribution in [0, 0.1) is 5.82 Å². The molecule has 0 fully saturated rings. The molecule has 0 aliphatic carbocycles. The van der Waals surface area contributed by atoms with Gasteiger partial charge in [0, 0.05) is 30.2 Å². The summed E-state index contributed by atoms with van der Waals surface area (Å²) in [5, 5.41) is 3.02. The maximum Gasteiger partial charge on any atom is 0.328 e. The van der Waals surface area contributed by atoms with Gasteiger partial charge in [0.25, 0.3) is 5.91 Å². The van der Waals surface area contributed by atoms with Gasteiger partial charge in [-0.2, -0.15) is 4.39 Å². The van der Waals surface area contributed by atoms with E-state index >= 15 is 0 Å². The highest BCUT2D eigenvalue weighted by Gasteiger charge is 2.37. The molecule has 10 heteroatoms. The van der Waals surface area contributed by atoms with Crippen LogP contribution >= 0.6 is 11.6 Å². The van der Waals surface area contributed by atoms with Crippen LogP contribution in [0.4, 0.5) is 14.5 Å². The summed E-state index contributed by atoms with van der Waals surface area (Å²) in [6.07, 6.45) is 2.73. The third kappa shape index (κ3) is 3.76. The lowest BCUT2D eigenvalue weighted by Crippen LogP contribution is -2.38. The molecule has 1 atom stereocenters. The molecule has 0 saturated carbocycles. The zero-order valence-electron chi connectivity index (χ0n) is 16.7. The highest BCUT2D eigenvalue weighted by Crippen LogP contribution is 2.35. The zero-order chi connectivity index (χ0) is 22.3. The molecule has 7 nitrogen and oxygen atoms in total. The SMILES string of the molecule is CCn1cc2n(c1=O)C[C@@](C)(c1cc(NC(=O)c3ccc(Cl)cn3)ccc1F)N=C2F. The Balaban J connectivity index is 1.69. The second-order valence-electron chi connectivity index (χ2n) is 7.36. The van der Waals surface area contributed by atoms with E-state index in [4.69, 9.17) is 11.6 Å². The summed E-state index contributed by atoms with van der Waals surface area (Å²) in [4.78, 5) is 33.0. The first-order chi connectivity index (χ1) is 14.7. The second kappa shape index (κ2) is 7.73. The number of halogens is 3. The molecule has 0 bridgehead atoms. The summed E-state index contributed by atoms with van der Waals surface area (Å²) in [5.41, 5.74) is -1.27. The number of hydrogen-bond donors (Lipinski definition) is 1. The normalized spacial score (nSPS) is 17.8. The molecule has 0 spiro atoms. The van der Waals surface area contributed by atoms with Crippen molar-refractivity contribution in [2.45, 2.75) is 32.5 Å². The molecule has 0 radical (unpaired) electrons. The van der Waals surface area contributed by atoms with Crippen LogP contribution in [0.3, 0.4) is 0 Å². The van der Waals surface area contributed by atoms with E-state index in [0.29, 0.717) is 11.6 Å². The second-order valence-corrected chi connectivity index (χ2v) is 7.79. The van der Waals surface area contributed by atoms with E-state index < -0.39 is 28.9 Å². The highest BCUT2D eigenvalue weighted by atomic mass is 35.5. The van der Waals surface area contributed by atoms with Crippen LogP contribution in [0.1, 0.15) is 35.6 Å². The maximum absolute atomic E-state index is 14.8. The van der Waals surface area contributed by atoms with Gasteiger partial charge in [-0.3, -0.25) is 13.9 Å². The van der Waals surface area contributed by atoms with Crippen LogP contribution in [-0.4, -0.2) is 26.0 Å². The van der Waals surface area contributed by atoms with Crippen LogP contribution in [-0.2, 0) is 18.6 Å². The number of carbonyl (C=O) groups is 1. The van der Waals surface area contributed by atoms with Gasteiger partial charge in [0.15, 0.2) is 0 Å². The largest absolute Gasteiger partial charge is 0.328 e. The van der Waals surface area contributed by atoms with Crippen LogP contribution in [0.15, 0.2) is 52.5 Å². The number of aromatic nitrogens is 3. The zero-order valence-corrected chi connectivity index (χ0v) is 17.5. The molecule has 3 heterocycles. The molecule has 0 unspecified atom stereocenters. The molecule has 0 saturated heterocycles. The van der Waals surface area contributed by atoms with Crippen molar-refractivity contribution < 1.29 is 13.6 Å². The van der Waals surface area contributed by atoms with Crippen molar-refractivity contribution in [2.24, 2.45) is 4.99 Å². The smallest absolute Gasteiger partial charge is 0.321 e. The third-order valence-corrected chi connectivity index (χ3v) is 5.40. The number of fused-ring (bicyclic) bond motifs is 1. The maximum atomic E-state index is 14.8. The van der Waals surface area contributed by atoms with E-state index in [0.717, 1.165) is 6.07 Å². The fraction of sp³-hybridized carbons (Fsp3) is 0.238. The fourth-order valence-corrected chi connectivity index (χ4v) is 3.67. The molecular weight excluding hydrogens is 428 g/mol. The first kappa shape index (κ1) is 20.9. The first-order valence-corrected chi connectivity index (χ1v) is 9.88. The molecule has 4 rings (SSSR count). The summed E-state index contributed by atoms with van der Waals surface area (Å²) in [6, 6.07) is 6.90. The molecule has 160 valence electrons. The number of aliphatic imine (C=N–C) groups is 1. The molecule has 3 aromatic rings. The summed E-state index contributed by atoms with van der Waals surface area (Å²) < 4.78 is 32.1. The number of aryl methyl sites for hydroxylation is 1. The quantitative estimate of drug-likeness (QED) is 0.664. The van der Waals surface area contributed by atoms with E-state index in [2.05, 4.69) is 15.3 Å². The summed E-state index contributed by atoms with van der Waals surface area (Å²) >= 11 is 5.78. The molecular formula is C21H18ClF2N5O2. The Hall–Kier alpha value is -3.33. The van der Waals surface area contributed by atoms with Crippen molar-refractivity contribution in [2.75, 3.05) is 5.32 Å². The Morgan fingerprint density at radius 2 is 2.06 bits per heavy atom. The van der Waals surface area contributed by atoms with E-state index in [1.807, 2.05) is 0 Å². The van der Waals surface area contributed by atoms with Gasteiger partial charge in [-0.25, -0.2) is 19.2 Å². The number of benzene rings is 1. The van der Waals surface area contributed by atoms with Gasteiger partial charge in [0.2, 0.25) is 5.97 Å². The van der Waals surface area contributed by atoms with E-state index in [1.54, 1.807) is 6.92 Å². The predicted molar refractivity (Wildman–Crippen MR) is 113 cm³/mol. The summed E-state index contributed by atoms with van der Waals surface area (Å²) in [7, 11) is 0. The number of amides is 1. The summed E-state index contributed by atoms with van der Waals surface area (Å²) in [5.74, 6) is -2.00. The van der Waals surface area contributed by atoms with Crippen LogP contribution in [0.25, 0.3) is 0 Å². The van der Waals surface area contributed by atoms with Crippen molar-refractivity contribution in [3.8, 4) is 0 Å². The minimum atomic E-state index is -1.38. The molecule has 31 heavy (non-hydrogen) atoms. The average Bonchev–Trinajstić information content (AvgIpc) is 3.05. The van der Waals surface area contributed by atoms with Gasteiger partial charge in [-0.15, -0.1) is 0 Å². The van der Waals surface area contributed by atoms with Crippen LogP contribution in [0.2, 0.25) is 5.02 Å². The standard InChI is InChI=1S/C21H18ClF2N5O2/c1-3-28-10-17-18(24)27-21(2,11-29(17)20(28)31)14-8-13(5-6-15(14)23)26-19(30)16-7-4-12(22)9-25-16/h4-10H,3,11H2,1-2H3,(H,26,30)/t21-/m0/s1. The van der Waals surface area contributed by atoms with Gasteiger partial charge in [0.1, 0.15) is 22.7 Å². The van der Waals surface area contributed by atoms with Gasteiger partial charge < -0.3 is 5.32 Å². The number of imidazole rings is 1. The first-order valence-electron chi connectivity index (χ1n) is 9.50. The molecule has 1 aliphatic heterocycles. The van der Waals surface area contributed by atoms with Crippen molar-refractivity contribution >= 4 is 29.2 Å². The van der Waals surface area contributed by atoms with Gasteiger partial charge in [0.05, 0.1) is 11.6 Å². The number of carbonyl (C=O) groups excluding carboxylic acids is 1. The monoisotopic (exact) mass is 445 g/mol. The Labute approximate surface area is 181 Å². The molecule has 1 N–H and O–H groups in total. The van der Waals surface area contributed by atoms with Crippen molar-refractivity contribution in [1.29, 1.82) is 0 Å². The fourth-order valence-electron chi connectivity index (χ4n) is 3.56. The predicted octanol–water partition coefficient (Wildman–Crippen LogP) is 3.75. The van der Waals surface area contributed by atoms with E-state index in [9.17, 15) is 18.4 Å². The minimum absolute atomic E-state index is 0.0470. The number of pyridine rings is 1. The number of anilines is 1. The molecule has 1 amide bonds. The van der Waals surface area contributed by atoms with Crippen molar-refractivity contribution in [3.05, 3.63) is 81.0 Å². The van der Waals surface area contributed by atoms with E-state index in [-0.39, 0.29) is 29.2 Å². The Kier molecular flexibility index (Phi) is 5.22. The third-order valence-electron chi connectivity index (χ3n) is 5.17. The van der Waals surface area contributed by atoms with Gasteiger partial charge >= 0.3 is 5.69 Å². The van der Waals surface area contributed by atoms with Crippen molar-refractivity contribution in [3.63, 3.8) is 0 Å². The van der Waals surface area contributed by atoms with Gasteiger partial charge in [-0.1, -0.05) is 11.6 Å². The van der Waals surface area contributed by atoms with Gasteiger partial charge in [-0.05, 0) is 44.2 Å². The van der Waals surface area contributed by atoms with Crippen LogP contribution < -0.4 is 11.0 Å². The Morgan fingerprint density at radius 1 is 1.29 bits per heavy atom. The number of rotatable bonds is 4. The lowest BCUT2D eigenvalue weighted by Gasteiger charge is -2.30. The minimum Gasteiger partial charge on any atom is -0.321 e. The number of nitrogens with zero attached hydrogens (tertiary/aromatic N) is 4. The number of hydrogen-bond acceptors (Lipinski definition) is 4.